The van der Waals surface area contributed by atoms with Gasteiger partial charge in [0, 0.05) is 32.7 Å². The maximum atomic E-state index is 13.9. The topological polar surface area (TPSA) is 94.2 Å². The molecule has 1 N–H and O–H groups in total. The van der Waals surface area contributed by atoms with E-state index < -0.39 is 0 Å². The SMILES string of the molecule is CNC(=O)N1CCC(n2c(=O)n(Cc3nc(=O)c4ccccc4n3CCC(C)C)c3ccccc32)CC1. The summed E-state index contributed by atoms with van der Waals surface area (Å²) in [6.45, 7) is 6.46. The largest absolute Gasteiger partial charge is 0.341 e. The molecule has 9 heteroatoms. The minimum Gasteiger partial charge on any atom is -0.341 e. The number of rotatable bonds is 6. The summed E-state index contributed by atoms with van der Waals surface area (Å²) < 4.78 is 5.70. The van der Waals surface area contributed by atoms with Crippen LogP contribution in [0.1, 0.15) is 45.0 Å². The molecule has 1 fully saturated rings. The zero-order chi connectivity index (χ0) is 26.1. The van der Waals surface area contributed by atoms with Crippen LogP contribution in [0.2, 0.25) is 0 Å². The van der Waals surface area contributed by atoms with E-state index in [-0.39, 0.29) is 29.9 Å². The number of carbonyl (C=O) groups is 1. The van der Waals surface area contributed by atoms with Gasteiger partial charge in [0.15, 0.2) is 0 Å². The van der Waals surface area contributed by atoms with Crippen molar-refractivity contribution in [1.82, 2.24) is 28.9 Å². The minimum absolute atomic E-state index is 0.00717. The number of piperidine rings is 1. The third kappa shape index (κ3) is 4.65. The van der Waals surface area contributed by atoms with Gasteiger partial charge in [0.25, 0.3) is 5.56 Å². The lowest BCUT2D eigenvalue weighted by molar-refractivity contribution is 0.173. The summed E-state index contributed by atoms with van der Waals surface area (Å²) in [5.74, 6) is 1.07. The summed E-state index contributed by atoms with van der Waals surface area (Å²) >= 11 is 0. The van der Waals surface area contributed by atoms with Gasteiger partial charge in [-0.3, -0.25) is 13.9 Å². The van der Waals surface area contributed by atoms with E-state index in [1.165, 1.54) is 0 Å². The van der Waals surface area contributed by atoms with Crippen LogP contribution < -0.4 is 16.6 Å². The number of amides is 2. The number of urea groups is 1. The average Bonchev–Trinajstić information content (AvgIpc) is 3.19. The third-order valence-electron chi connectivity index (χ3n) is 7.40. The average molecular weight is 503 g/mol. The standard InChI is InChI=1S/C28H34N6O3/c1-19(2)12-17-32-22-9-5-4-8-21(22)26(35)30-25(32)18-33-23-10-6-7-11-24(23)34(28(33)37)20-13-15-31(16-14-20)27(36)29-3/h4-11,19-20H,12-18H2,1-3H3,(H,29,36). The summed E-state index contributed by atoms with van der Waals surface area (Å²) in [7, 11) is 1.63. The summed E-state index contributed by atoms with van der Waals surface area (Å²) in [5.41, 5.74) is 2.14. The molecule has 1 aliphatic heterocycles. The normalized spacial score (nSPS) is 14.6. The lowest BCUT2D eigenvalue weighted by Gasteiger charge is -2.32. The van der Waals surface area contributed by atoms with E-state index in [0.29, 0.717) is 49.6 Å². The van der Waals surface area contributed by atoms with Crippen molar-refractivity contribution in [2.75, 3.05) is 20.1 Å². The molecule has 194 valence electrons. The van der Waals surface area contributed by atoms with Gasteiger partial charge in [-0.05, 0) is 49.4 Å². The van der Waals surface area contributed by atoms with Gasteiger partial charge in [0.1, 0.15) is 5.82 Å². The van der Waals surface area contributed by atoms with Crippen molar-refractivity contribution in [3.8, 4) is 0 Å². The fourth-order valence-corrected chi connectivity index (χ4v) is 5.39. The summed E-state index contributed by atoms with van der Waals surface area (Å²) in [4.78, 5) is 45.2. The number of hydrogen-bond acceptors (Lipinski definition) is 4. The van der Waals surface area contributed by atoms with E-state index in [9.17, 15) is 14.4 Å². The maximum Gasteiger partial charge on any atom is 0.329 e. The Morgan fingerprint density at radius 1 is 0.973 bits per heavy atom. The highest BCUT2D eigenvalue weighted by atomic mass is 16.2. The Balaban J connectivity index is 1.58. The second kappa shape index (κ2) is 10.2. The van der Waals surface area contributed by atoms with Crippen LogP contribution in [-0.4, -0.2) is 49.8 Å². The molecule has 0 radical (unpaired) electrons. The van der Waals surface area contributed by atoms with Gasteiger partial charge < -0.3 is 14.8 Å². The van der Waals surface area contributed by atoms with E-state index >= 15 is 0 Å². The number of aryl methyl sites for hydroxylation is 1. The molecule has 2 aromatic heterocycles. The van der Waals surface area contributed by atoms with Crippen molar-refractivity contribution in [3.63, 3.8) is 0 Å². The van der Waals surface area contributed by atoms with E-state index in [4.69, 9.17) is 0 Å². The number of hydrogen-bond donors (Lipinski definition) is 1. The molecule has 1 saturated heterocycles. The van der Waals surface area contributed by atoms with Gasteiger partial charge in [-0.15, -0.1) is 0 Å². The number of nitrogens with one attached hydrogen (secondary N) is 1. The van der Waals surface area contributed by atoms with Crippen molar-refractivity contribution >= 4 is 28.0 Å². The van der Waals surface area contributed by atoms with E-state index in [1.54, 1.807) is 16.5 Å². The number of para-hydroxylation sites is 3. The van der Waals surface area contributed by atoms with Gasteiger partial charge in [0.2, 0.25) is 0 Å². The van der Waals surface area contributed by atoms with Gasteiger partial charge >= 0.3 is 11.7 Å². The van der Waals surface area contributed by atoms with Crippen LogP contribution in [0.15, 0.2) is 58.1 Å². The van der Waals surface area contributed by atoms with Crippen molar-refractivity contribution < 1.29 is 4.79 Å². The number of benzene rings is 2. The Morgan fingerprint density at radius 3 is 2.30 bits per heavy atom. The Morgan fingerprint density at radius 2 is 1.62 bits per heavy atom. The summed E-state index contributed by atoms with van der Waals surface area (Å²) in [6.07, 6.45) is 2.34. The molecular formula is C28H34N6O3. The highest BCUT2D eigenvalue weighted by Crippen LogP contribution is 2.26. The Labute approximate surface area is 215 Å². The second-order valence-electron chi connectivity index (χ2n) is 10.2. The van der Waals surface area contributed by atoms with Crippen molar-refractivity contribution in [2.24, 2.45) is 5.92 Å². The molecule has 2 aromatic carbocycles. The van der Waals surface area contributed by atoms with Crippen molar-refractivity contribution in [3.05, 3.63) is 75.2 Å². The maximum absolute atomic E-state index is 13.9. The Kier molecular flexibility index (Phi) is 6.86. The monoisotopic (exact) mass is 502 g/mol. The highest BCUT2D eigenvalue weighted by Gasteiger charge is 2.27. The number of imidazole rings is 1. The molecule has 0 aliphatic carbocycles. The first-order chi connectivity index (χ1) is 17.9. The first kappa shape index (κ1) is 24.8. The van der Waals surface area contributed by atoms with E-state index in [0.717, 1.165) is 23.0 Å². The molecule has 5 rings (SSSR count). The fourth-order valence-electron chi connectivity index (χ4n) is 5.39. The van der Waals surface area contributed by atoms with Crippen LogP contribution in [0.4, 0.5) is 4.79 Å². The molecule has 0 spiro atoms. The molecule has 37 heavy (non-hydrogen) atoms. The van der Waals surface area contributed by atoms with Gasteiger partial charge in [-0.1, -0.05) is 38.1 Å². The smallest absolute Gasteiger partial charge is 0.329 e. The predicted molar refractivity (Wildman–Crippen MR) is 145 cm³/mol. The van der Waals surface area contributed by atoms with E-state index in [1.807, 2.05) is 53.1 Å². The van der Waals surface area contributed by atoms with Crippen LogP contribution in [0.25, 0.3) is 21.9 Å². The summed E-state index contributed by atoms with van der Waals surface area (Å²) in [6, 6.07) is 15.2. The van der Waals surface area contributed by atoms with Crippen LogP contribution >= 0.6 is 0 Å². The number of carbonyl (C=O) groups excluding carboxylic acids is 1. The zero-order valence-electron chi connectivity index (χ0n) is 21.7. The number of nitrogens with zero attached hydrogens (tertiary/aromatic N) is 5. The quantitative estimate of drug-likeness (QED) is 0.436. The lowest BCUT2D eigenvalue weighted by Crippen LogP contribution is -2.44. The number of aromatic nitrogens is 4. The molecule has 3 heterocycles. The minimum atomic E-state index is -0.273. The van der Waals surface area contributed by atoms with Crippen LogP contribution in [-0.2, 0) is 13.1 Å². The lowest BCUT2D eigenvalue weighted by atomic mass is 10.0. The zero-order valence-corrected chi connectivity index (χ0v) is 21.7. The Hall–Kier alpha value is -3.88. The predicted octanol–water partition coefficient (Wildman–Crippen LogP) is 3.58. The molecule has 0 bridgehead atoms. The van der Waals surface area contributed by atoms with Crippen LogP contribution in [0.3, 0.4) is 0 Å². The molecule has 4 aromatic rings. The fraction of sp³-hybridized carbons (Fsp3) is 0.429. The van der Waals surface area contributed by atoms with Gasteiger partial charge in [0.05, 0.1) is 28.5 Å². The van der Waals surface area contributed by atoms with Gasteiger partial charge in [-0.2, -0.15) is 4.98 Å². The summed E-state index contributed by atoms with van der Waals surface area (Å²) in [5, 5.41) is 3.27. The van der Waals surface area contributed by atoms with Crippen molar-refractivity contribution in [2.45, 2.75) is 52.2 Å². The first-order valence-electron chi connectivity index (χ1n) is 13.0. The third-order valence-corrected chi connectivity index (χ3v) is 7.40. The van der Waals surface area contributed by atoms with Crippen LogP contribution in [0, 0.1) is 5.92 Å². The second-order valence-corrected chi connectivity index (χ2v) is 10.2. The van der Waals surface area contributed by atoms with E-state index in [2.05, 4.69) is 28.7 Å². The van der Waals surface area contributed by atoms with Gasteiger partial charge in [-0.25, -0.2) is 9.59 Å². The molecule has 1 aliphatic rings. The Bertz CT molecular complexity index is 1560. The molecule has 0 saturated carbocycles. The molecule has 0 unspecified atom stereocenters. The molecule has 2 amide bonds. The first-order valence-corrected chi connectivity index (χ1v) is 13.0. The molecule has 0 atom stereocenters. The number of fused-ring (bicyclic) bond motifs is 2. The highest BCUT2D eigenvalue weighted by molar-refractivity contribution is 5.78. The van der Waals surface area contributed by atoms with Crippen LogP contribution in [0.5, 0.6) is 0 Å². The molecule has 9 nitrogen and oxygen atoms in total. The van der Waals surface area contributed by atoms with Crippen molar-refractivity contribution in [1.29, 1.82) is 0 Å². The molecular weight excluding hydrogens is 468 g/mol. The number of likely N-dealkylation sites (tertiary alicyclic amines) is 1.